The molecule has 2 N–H and O–H groups in total. The van der Waals surface area contributed by atoms with E-state index >= 15 is 0 Å². The highest BCUT2D eigenvalue weighted by atomic mass is 16.2. The Labute approximate surface area is 150 Å². The Kier molecular flexibility index (Phi) is 7.47. The highest BCUT2D eigenvalue weighted by Crippen LogP contribution is 2.10. The van der Waals surface area contributed by atoms with Crippen LogP contribution in [0.1, 0.15) is 25.1 Å². The lowest BCUT2D eigenvalue weighted by molar-refractivity contribution is 0.252. The molecule has 2 aromatic rings. The molecule has 136 valence electrons. The summed E-state index contributed by atoms with van der Waals surface area (Å²) in [7, 11) is 1.90. The summed E-state index contributed by atoms with van der Waals surface area (Å²) in [6, 6.07) is 9.84. The fourth-order valence-electron chi connectivity index (χ4n) is 2.71. The molecule has 25 heavy (non-hydrogen) atoms. The van der Waals surface area contributed by atoms with Crippen molar-refractivity contribution in [3.05, 3.63) is 47.8 Å². The van der Waals surface area contributed by atoms with Crippen LogP contribution >= 0.6 is 0 Å². The maximum absolute atomic E-state index is 12.0. The Morgan fingerprint density at radius 1 is 1.12 bits per heavy atom. The van der Waals surface area contributed by atoms with E-state index in [9.17, 15) is 4.79 Å². The number of amides is 2. The van der Waals surface area contributed by atoms with Gasteiger partial charge in [0.25, 0.3) is 0 Å². The third-order valence-corrected chi connectivity index (χ3v) is 4.41. The molecule has 2 rings (SSSR count). The number of aromatic nitrogens is 2. The van der Waals surface area contributed by atoms with Crippen molar-refractivity contribution in [3.8, 4) is 0 Å². The normalized spacial score (nSPS) is 10.9. The lowest BCUT2D eigenvalue weighted by Gasteiger charge is -2.17. The van der Waals surface area contributed by atoms with E-state index in [1.54, 1.807) is 6.20 Å². The number of urea groups is 1. The fourth-order valence-corrected chi connectivity index (χ4v) is 2.71. The van der Waals surface area contributed by atoms with Gasteiger partial charge in [0.15, 0.2) is 0 Å². The number of anilines is 1. The Morgan fingerprint density at radius 3 is 2.44 bits per heavy atom. The smallest absolute Gasteiger partial charge is 0.319 e. The third kappa shape index (κ3) is 6.23. The van der Waals surface area contributed by atoms with E-state index in [0.29, 0.717) is 6.54 Å². The van der Waals surface area contributed by atoms with Crippen molar-refractivity contribution in [3.63, 3.8) is 0 Å². The fraction of sp³-hybridized carbons (Fsp3) is 0.474. The second kappa shape index (κ2) is 9.84. The minimum absolute atomic E-state index is 0.182. The monoisotopic (exact) mass is 343 g/mol. The van der Waals surface area contributed by atoms with Crippen molar-refractivity contribution in [1.82, 2.24) is 20.0 Å². The van der Waals surface area contributed by atoms with E-state index in [2.05, 4.69) is 46.6 Å². The molecule has 0 aliphatic rings. The van der Waals surface area contributed by atoms with Gasteiger partial charge in [0.1, 0.15) is 0 Å². The number of nitrogens with zero attached hydrogens (tertiary/aromatic N) is 3. The lowest BCUT2D eigenvalue weighted by atomic mass is 10.1. The highest BCUT2D eigenvalue weighted by Gasteiger charge is 2.04. The number of carbonyl (C=O) groups is 1. The van der Waals surface area contributed by atoms with Gasteiger partial charge < -0.3 is 15.5 Å². The second-order valence-corrected chi connectivity index (χ2v) is 6.05. The van der Waals surface area contributed by atoms with Crippen LogP contribution in [0, 0.1) is 0 Å². The molecule has 0 unspecified atom stereocenters. The van der Waals surface area contributed by atoms with Gasteiger partial charge >= 0.3 is 6.03 Å². The van der Waals surface area contributed by atoms with Crippen LogP contribution in [0.2, 0.25) is 0 Å². The molecule has 1 aromatic heterocycles. The number of benzene rings is 1. The lowest BCUT2D eigenvalue weighted by Crippen LogP contribution is -2.30. The van der Waals surface area contributed by atoms with Crippen LogP contribution in [0.25, 0.3) is 0 Å². The highest BCUT2D eigenvalue weighted by molar-refractivity contribution is 5.89. The Bertz CT molecular complexity index is 646. The van der Waals surface area contributed by atoms with E-state index in [-0.39, 0.29) is 6.03 Å². The molecule has 0 fully saturated rings. The van der Waals surface area contributed by atoms with E-state index in [0.717, 1.165) is 43.9 Å². The summed E-state index contributed by atoms with van der Waals surface area (Å²) in [4.78, 5) is 14.4. The summed E-state index contributed by atoms with van der Waals surface area (Å²) in [6.45, 7) is 8.17. The standard InChI is InChI=1S/C19H29N5O/c1-4-24(5-2)15-12-16-6-8-17(9-7-16)22-19(25)20-13-10-18-11-14-21-23(18)3/h6-9,11,14H,4-5,10,12-13,15H2,1-3H3,(H2,20,22,25). The van der Waals surface area contributed by atoms with Gasteiger partial charge in [-0.3, -0.25) is 4.68 Å². The molecule has 0 radical (unpaired) electrons. The van der Waals surface area contributed by atoms with Crippen molar-refractivity contribution in [2.75, 3.05) is 31.5 Å². The van der Waals surface area contributed by atoms with Crippen LogP contribution in [-0.4, -0.2) is 46.9 Å². The van der Waals surface area contributed by atoms with Crippen molar-refractivity contribution in [2.24, 2.45) is 7.05 Å². The zero-order valence-corrected chi connectivity index (χ0v) is 15.5. The molecule has 2 amide bonds. The number of aryl methyl sites for hydroxylation is 1. The van der Waals surface area contributed by atoms with Crippen molar-refractivity contribution >= 4 is 11.7 Å². The van der Waals surface area contributed by atoms with Gasteiger partial charge in [-0.2, -0.15) is 5.10 Å². The maximum Gasteiger partial charge on any atom is 0.319 e. The summed E-state index contributed by atoms with van der Waals surface area (Å²) in [5.74, 6) is 0. The largest absolute Gasteiger partial charge is 0.337 e. The first-order valence-electron chi connectivity index (χ1n) is 8.95. The molecule has 1 heterocycles. The molecular formula is C19H29N5O. The molecular weight excluding hydrogens is 314 g/mol. The molecule has 0 saturated heterocycles. The van der Waals surface area contributed by atoms with Gasteiger partial charge in [-0.25, -0.2) is 4.79 Å². The number of hydrogen-bond donors (Lipinski definition) is 2. The topological polar surface area (TPSA) is 62.2 Å². The van der Waals surface area contributed by atoms with Gasteiger partial charge in [0.2, 0.25) is 0 Å². The number of nitrogens with one attached hydrogen (secondary N) is 2. The average molecular weight is 343 g/mol. The summed E-state index contributed by atoms with van der Waals surface area (Å²) < 4.78 is 1.82. The van der Waals surface area contributed by atoms with Crippen LogP contribution in [0.3, 0.4) is 0 Å². The molecule has 6 heteroatoms. The molecule has 0 bridgehead atoms. The van der Waals surface area contributed by atoms with Crippen LogP contribution in [0.15, 0.2) is 36.5 Å². The van der Waals surface area contributed by atoms with Gasteiger partial charge in [-0.05, 0) is 43.3 Å². The first-order valence-corrected chi connectivity index (χ1v) is 8.95. The molecule has 0 atom stereocenters. The van der Waals surface area contributed by atoms with Crippen molar-refractivity contribution in [1.29, 1.82) is 0 Å². The zero-order valence-electron chi connectivity index (χ0n) is 15.5. The molecule has 0 saturated carbocycles. The first kappa shape index (κ1) is 19.0. The number of hydrogen-bond acceptors (Lipinski definition) is 3. The number of likely N-dealkylation sites (N-methyl/N-ethyl adjacent to an activating group) is 1. The first-order chi connectivity index (χ1) is 12.1. The van der Waals surface area contributed by atoms with Crippen molar-refractivity contribution < 1.29 is 4.79 Å². The van der Waals surface area contributed by atoms with Crippen LogP contribution in [0.4, 0.5) is 10.5 Å². The molecule has 1 aromatic carbocycles. The molecule has 0 aliphatic heterocycles. The average Bonchev–Trinajstić information content (AvgIpc) is 3.02. The third-order valence-electron chi connectivity index (χ3n) is 4.41. The van der Waals surface area contributed by atoms with Gasteiger partial charge in [0, 0.05) is 44.1 Å². The number of carbonyl (C=O) groups excluding carboxylic acids is 1. The number of rotatable bonds is 9. The predicted octanol–water partition coefficient (Wildman–Crippen LogP) is 2.67. The van der Waals surface area contributed by atoms with Gasteiger partial charge in [0.05, 0.1) is 0 Å². The minimum Gasteiger partial charge on any atom is -0.337 e. The van der Waals surface area contributed by atoms with E-state index in [1.165, 1.54) is 5.56 Å². The SMILES string of the molecule is CCN(CC)CCc1ccc(NC(=O)NCCc2ccnn2C)cc1. The Morgan fingerprint density at radius 2 is 1.84 bits per heavy atom. The van der Waals surface area contributed by atoms with Crippen molar-refractivity contribution in [2.45, 2.75) is 26.7 Å². The molecule has 6 nitrogen and oxygen atoms in total. The minimum atomic E-state index is -0.182. The van der Waals surface area contributed by atoms with E-state index < -0.39 is 0 Å². The van der Waals surface area contributed by atoms with E-state index in [4.69, 9.17) is 0 Å². The maximum atomic E-state index is 12.0. The van der Waals surface area contributed by atoms with Crippen LogP contribution in [-0.2, 0) is 19.9 Å². The van der Waals surface area contributed by atoms with Crippen LogP contribution < -0.4 is 10.6 Å². The van der Waals surface area contributed by atoms with E-state index in [1.807, 2.05) is 29.9 Å². The molecule has 0 spiro atoms. The predicted molar refractivity (Wildman–Crippen MR) is 102 cm³/mol. The Balaban J connectivity index is 1.72. The Hall–Kier alpha value is -2.34. The van der Waals surface area contributed by atoms with Gasteiger partial charge in [-0.15, -0.1) is 0 Å². The summed E-state index contributed by atoms with van der Waals surface area (Å²) in [5, 5.41) is 9.85. The zero-order chi connectivity index (χ0) is 18.1. The van der Waals surface area contributed by atoms with Crippen LogP contribution in [0.5, 0.6) is 0 Å². The summed E-state index contributed by atoms with van der Waals surface area (Å²) in [6.07, 6.45) is 3.55. The van der Waals surface area contributed by atoms with Gasteiger partial charge in [-0.1, -0.05) is 26.0 Å². The molecule has 0 aliphatic carbocycles. The summed E-state index contributed by atoms with van der Waals surface area (Å²) in [5.41, 5.74) is 3.19. The second-order valence-electron chi connectivity index (χ2n) is 6.05. The summed E-state index contributed by atoms with van der Waals surface area (Å²) >= 11 is 0. The quantitative estimate of drug-likeness (QED) is 0.736.